The van der Waals surface area contributed by atoms with Gasteiger partial charge < -0.3 is 24.4 Å². The van der Waals surface area contributed by atoms with Crippen molar-refractivity contribution < 1.29 is 19.1 Å². The van der Waals surface area contributed by atoms with Crippen molar-refractivity contribution in [3.8, 4) is 0 Å². The first kappa shape index (κ1) is 23.2. The number of piperidine rings is 2. The molecule has 0 radical (unpaired) electrons. The average molecular weight is 433 g/mol. The van der Waals surface area contributed by atoms with E-state index in [1.165, 1.54) is 6.92 Å². The maximum atomic E-state index is 13.2. The van der Waals surface area contributed by atoms with Crippen LogP contribution in [0.2, 0.25) is 0 Å². The lowest BCUT2D eigenvalue weighted by Gasteiger charge is -2.35. The largest absolute Gasteiger partial charge is 0.444 e. The zero-order valence-corrected chi connectivity index (χ0v) is 19.2. The van der Waals surface area contributed by atoms with E-state index in [2.05, 4.69) is 9.88 Å². The van der Waals surface area contributed by atoms with Crippen LogP contribution in [0, 0.1) is 5.92 Å². The summed E-state index contributed by atoms with van der Waals surface area (Å²) in [4.78, 5) is 40.3. The number of ether oxygens (including phenoxy) is 1. The Hall–Kier alpha value is -2.51. The van der Waals surface area contributed by atoms with Gasteiger partial charge in [0, 0.05) is 51.9 Å². The minimum Gasteiger partial charge on any atom is -0.444 e. The van der Waals surface area contributed by atoms with Gasteiger partial charge >= 0.3 is 6.09 Å². The van der Waals surface area contributed by atoms with Crippen LogP contribution in [0.1, 0.15) is 69.9 Å². The maximum Gasteiger partial charge on any atom is 0.410 e. The smallest absolute Gasteiger partial charge is 0.410 e. The summed E-state index contributed by atoms with van der Waals surface area (Å²) in [6.07, 6.45) is 5.11. The number of amides is 3. The molecule has 1 aromatic rings. The van der Waals surface area contributed by atoms with E-state index >= 15 is 0 Å². The van der Waals surface area contributed by atoms with Gasteiger partial charge in [-0.25, -0.2) is 4.79 Å². The second-order valence-corrected chi connectivity index (χ2v) is 9.67. The highest BCUT2D eigenvalue weighted by molar-refractivity contribution is 5.93. The summed E-state index contributed by atoms with van der Waals surface area (Å²) < 4.78 is 7.56. The molecular formula is C23H36N4O4. The van der Waals surface area contributed by atoms with Crippen LogP contribution in [0.15, 0.2) is 18.3 Å². The average Bonchev–Trinajstić information content (AvgIpc) is 3.21. The third kappa shape index (κ3) is 6.24. The molecule has 3 amide bonds. The molecule has 1 aromatic heterocycles. The highest BCUT2D eigenvalue weighted by atomic mass is 16.6. The van der Waals surface area contributed by atoms with Crippen molar-refractivity contribution in [2.75, 3.05) is 32.7 Å². The molecule has 2 saturated heterocycles. The number of hydrogen-bond acceptors (Lipinski definition) is 4. The minimum absolute atomic E-state index is 0.00551. The molecule has 2 aliphatic heterocycles. The van der Waals surface area contributed by atoms with Gasteiger partial charge in [-0.15, -0.1) is 0 Å². The molecule has 3 rings (SSSR count). The first-order valence-corrected chi connectivity index (χ1v) is 11.3. The molecule has 0 bridgehead atoms. The summed E-state index contributed by atoms with van der Waals surface area (Å²) in [6, 6.07) is 4.02. The van der Waals surface area contributed by atoms with E-state index in [1.54, 1.807) is 4.90 Å². The summed E-state index contributed by atoms with van der Waals surface area (Å²) in [5.74, 6) is 0.489. The van der Waals surface area contributed by atoms with Crippen LogP contribution in [0.4, 0.5) is 4.79 Å². The van der Waals surface area contributed by atoms with Gasteiger partial charge in [0.25, 0.3) is 5.91 Å². The molecule has 0 aromatic carbocycles. The predicted octanol–water partition coefficient (Wildman–Crippen LogP) is 3.05. The SMILES string of the molecule is CC(=O)NCC1CCN(C(=O)c2cccn2C2CCN(C(=O)OC(C)(C)C)CC2)CC1. The fourth-order valence-corrected chi connectivity index (χ4v) is 4.34. The summed E-state index contributed by atoms with van der Waals surface area (Å²) in [5, 5.41) is 2.88. The van der Waals surface area contributed by atoms with Crippen LogP contribution in [0.3, 0.4) is 0 Å². The standard InChI is InChI=1S/C23H36N4O4/c1-17(28)24-16-18-7-12-25(13-8-18)21(29)20-6-5-11-27(20)19-9-14-26(15-10-19)22(30)31-23(2,3)4/h5-6,11,18-19H,7-10,12-16H2,1-4H3,(H,24,28). The van der Waals surface area contributed by atoms with Gasteiger partial charge in [-0.2, -0.15) is 0 Å². The van der Waals surface area contributed by atoms with Crippen molar-refractivity contribution in [3.63, 3.8) is 0 Å². The molecule has 0 unspecified atom stereocenters. The lowest BCUT2D eigenvalue weighted by Crippen LogP contribution is -2.43. The van der Waals surface area contributed by atoms with Gasteiger partial charge in [-0.1, -0.05) is 0 Å². The van der Waals surface area contributed by atoms with Crippen molar-refractivity contribution in [3.05, 3.63) is 24.0 Å². The van der Waals surface area contributed by atoms with Crippen LogP contribution >= 0.6 is 0 Å². The summed E-state index contributed by atoms with van der Waals surface area (Å²) in [7, 11) is 0. The third-order valence-corrected chi connectivity index (χ3v) is 6.05. The zero-order chi connectivity index (χ0) is 22.6. The maximum absolute atomic E-state index is 13.2. The lowest BCUT2D eigenvalue weighted by atomic mass is 9.96. The number of carbonyl (C=O) groups is 3. The molecule has 0 spiro atoms. The molecule has 0 saturated carbocycles. The Morgan fingerprint density at radius 3 is 2.23 bits per heavy atom. The zero-order valence-electron chi connectivity index (χ0n) is 19.2. The second-order valence-electron chi connectivity index (χ2n) is 9.67. The third-order valence-electron chi connectivity index (χ3n) is 6.05. The van der Waals surface area contributed by atoms with Gasteiger partial charge in [0.05, 0.1) is 0 Å². The molecule has 2 fully saturated rings. The van der Waals surface area contributed by atoms with Crippen LogP contribution in [-0.4, -0.2) is 70.6 Å². The Kier molecular flexibility index (Phi) is 7.28. The minimum atomic E-state index is -0.496. The van der Waals surface area contributed by atoms with Gasteiger partial charge in [0.15, 0.2) is 0 Å². The fourth-order valence-electron chi connectivity index (χ4n) is 4.34. The van der Waals surface area contributed by atoms with Gasteiger partial charge in [-0.3, -0.25) is 9.59 Å². The van der Waals surface area contributed by atoms with Crippen LogP contribution in [-0.2, 0) is 9.53 Å². The number of nitrogens with one attached hydrogen (secondary N) is 1. The number of nitrogens with zero attached hydrogens (tertiary/aromatic N) is 3. The molecule has 0 atom stereocenters. The highest BCUT2D eigenvalue weighted by Gasteiger charge is 2.30. The highest BCUT2D eigenvalue weighted by Crippen LogP contribution is 2.27. The second kappa shape index (κ2) is 9.75. The fraction of sp³-hybridized carbons (Fsp3) is 0.696. The quantitative estimate of drug-likeness (QED) is 0.793. The Morgan fingerprint density at radius 2 is 1.65 bits per heavy atom. The Balaban J connectivity index is 1.54. The van der Waals surface area contributed by atoms with E-state index in [0.717, 1.165) is 31.4 Å². The molecule has 1 N–H and O–H groups in total. The molecule has 2 aliphatic rings. The normalized spacial score (nSPS) is 18.7. The Morgan fingerprint density at radius 1 is 1.03 bits per heavy atom. The van der Waals surface area contributed by atoms with Crippen molar-refractivity contribution in [2.24, 2.45) is 5.92 Å². The lowest BCUT2D eigenvalue weighted by molar-refractivity contribution is -0.119. The molecule has 31 heavy (non-hydrogen) atoms. The van der Waals surface area contributed by atoms with Crippen LogP contribution in [0.25, 0.3) is 0 Å². The van der Waals surface area contributed by atoms with Crippen LogP contribution < -0.4 is 5.32 Å². The molecule has 8 heteroatoms. The van der Waals surface area contributed by atoms with E-state index in [4.69, 9.17) is 4.74 Å². The monoisotopic (exact) mass is 432 g/mol. The Labute approximate surface area is 184 Å². The van der Waals surface area contributed by atoms with E-state index in [1.807, 2.05) is 44.0 Å². The summed E-state index contributed by atoms with van der Waals surface area (Å²) in [5.41, 5.74) is 0.222. The van der Waals surface area contributed by atoms with Crippen molar-refractivity contribution in [2.45, 2.75) is 65.0 Å². The summed E-state index contributed by atoms with van der Waals surface area (Å²) >= 11 is 0. The van der Waals surface area contributed by atoms with E-state index in [9.17, 15) is 14.4 Å². The predicted molar refractivity (Wildman–Crippen MR) is 118 cm³/mol. The van der Waals surface area contributed by atoms with Gasteiger partial charge in [0.1, 0.15) is 11.3 Å². The first-order chi connectivity index (χ1) is 14.6. The van der Waals surface area contributed by atoms with Crippen molar-refractivity contribution >= 4 is 17.9 Å². The van der Waals surface area contributed by atoms with Gasteiger partial charge in [0.2, 0.25) is 5.91 Å². The number of hydrogen-bond donors (Lipinski definition) is 1. The molecular weight excluding hydrogens is 396 g/mol. The number of carbonyl (C=O) groups excluding carboxylic acids is 3. The molecule has 3 heterocycles. The first-order valence-electron chi connectivity index (χ1n) is 11.3. The molecule has 0 aliphatic carbocycles. The van der Waals surface area contributed by atoms with Gasteiger partial charge in [-0.05, 0) is 64.5 Å². The molecule has 172 valence electrons. The van der Waals surface area contributed by atoms with E-state index in [0.29, 0.717) is 38.6 Å². The van der Waals surface area contributed by atoms with E-state index < -0.39 is 5.60 Å². The number of likely N-dealkylation sites (tertiary alicyclic amines) is 2. The molecule has 8 nitrogen and oxygen atoms in total. The van der Waals surface area contributed by atoms with Crippen molar-refractivity contribution in [1.29, 1.82) is 0 Å². The van der Waals surface area contributed by atoms with E-state index in [-0.39, 0.29) is 23.9 Å². The number of aromatic nitrogens is 1. The topological polar surface area (TPSA) is 83.9 Å². The summed E-state index contributed by atoms with van der Waals surface area (Å²) in [6.45, 7) is 10.5. The number of rotatable bonds is 4. The Bertz CT molecular complexity index is 782. The van der Waals surface area contributed by atoms with Crippen molar-refractivity contribution in [1.82, 2.24) is 19.7 Å². The van der Waals surface area contributed by atoms with Crippen LogP contribution in [0.5, 0.6) is 0 Å².